The van der Waals surface area contributed by atoms with Crippen molar-refractivity contribution in [2.75, 3.05) is 12.8 Å². The highest BCUT2D eigenvalue weighted by Gasteiger charge is 2.17. The van der Waals surface area contributed by atoms with Crippen molar-refractivity contribution >= 4 is 40.0 Å². The van der Waals surface area contributed by atoms with Crippen LogP contribution in [0, 0.1) is 0 Å². The average Bonchev–Trinajstić information content (AvgIpc) is 2.80. The third kappa shape index (κ3) is 2.17. The van der Waals surface area contributed by atoms with Gasteiger partial charge in [0.1, 0.15) is 11.3 Å². The number of fused-ring (bicyclic) bond motifs is 1. The lowest BCUT2D eigenvalue weighted by Gasteiger charge is -2.07. The van der Waals surface area contributed by atoms with Gasteiger partial charge in [-0.25, -0.2) is 4.98 Å². The molecule has 2 N–H and O–H groups in total. The van der Waals surface area contributed by atoms with Crippen LogP contribution in [0.15, 0.2) is 34.7 Å². The Morgan fingerprint density at radius 1 is 1.20 bits per heavy atom. The monoisotopic (exact) mass is 308 g/mol. The fourth-order valence-corrected chi connectivity index (χ4v) is 2.56. The number of oxazole rings is 1. The van der Waals surface area contributed by atoms with Crippen LogP contribution in [0.4, 0.5) is 5.69 Å². The molecule has 0 radical (unpaired) electrons. The van der Waals surface area contributed by atoms with Gasteiger partial charge in [0.25, 0.3) is 0 Å². The van der Waals surface area contributed by atoms with Gasteiger partial charge in [-0.2, -0.15) is 0 Å². The van der Waals surface area contributed by atoms with Crippen molar-refractivity contribution < 1.29 is 9.15 Å². The molecule has 0 aliphatic heterocycles. The Labute approximate surface area is 125 Å². The lowest BCUT2D eigenvalue weighted by atomic mass is 10.2. The van der Waals surface area contributed by atoms with E-state index in [9.17, 15) is 0 Å². The van der Waals surface area contributed by atoms with E-state index in [4.69, 9.17) is 38.1 Å². The van der Waals surface area contributed by atoms with Gasteiger partial charge in [0.15, 0.2) is 5.58 Å². The molecular weight excluding hydrogens is 299 g/mol. The van der Waals surface area contributed by atoms with E-state index < -0.39 is 0 Å². The van der Waals surface area contributed by atoms with E-state index in [0.29, 0.717) is 44.0 Å². The number of halogens is 2. The highest BCUT2D eigenvalue weighted by atomic mass is 35.5. The zero-order chi connectivity index (χ0) is 14.3. The van der Waals surface area contributed by atoms with Gasteiger partial charge >= 0.3 is 0 Å². The van der Waals surface area contributed by atoms with Crippen molar-refractivity contribution in [1.29, 1.82) is 0 Å². The SMILES string of the molecule is COc1c(Cl)cc(Cl)cc1-c1nc2cc(N)ccc2o1. The average molecular weight is 309 g/mol. The highest BCUT2D eigenvalue weighted by Crippen LogP contribution is 2.39. The summed E-state index contributed by atoms with van der Waals surface area (Å²) in [6.45, 7) is 0. The highest BCUT2D eigenvalue weighted by molar-refractivity contribution is 6.36. The summed E-state index contributed by atoms with van der Waals surface area (Å²) in [4.78, 5) is 4.39. The van der Waals surface area contributed by atoms with Crippen molar-refractivity contribution in [2.45, 2.75) is 0 Å². The molecule has 0 unspecified atom stereocenters. The van der Waals surface area contributed by atoms with Gasteiger partial charge < -0.3 is 14.9 Å². The Morgan fingerprint density at radius 3 is 2.75 bits per heavy atom. The van der Waals surface area contributed by atoms with Crippen molar-refractivity contribution in [1.82, 2.24) is 4.98 Å². The van der Waals surface area contributed by atoms with Crippen LogP contribution in [0.25, 0.3) is 22.6 Å². The molecule has 0 fully saturated rings. The lowest BCUT2D eigenvalue weighted by Crippen LogP contribution is -1.89. The second-order valence-corrected chi connectivity index (χ2v) is 5.06. The number of nitrogens with two attached hydrogens (primary N) is 1. The van der Waals surface area contributed by atoms with Crippen LogP contribution < -0.4 is 10.5 Å². The van der Waals surface area contributed by atoms with Crippen LogP contribution in [0.3, 0.4) is 0 Å². The molecule has 1 heterocycles. The first-order chi connectivity index (χ1) is 9.58. The first-order valence-electron chi connectivity index (χ1n) is 5.78. The third-order valence-corrected chi connectivity index (χ3v) is 3.35. The Morgan fingerprint density at radius 2 is 2.00 bits per heavy atom. The molecule has 0 aliphatic rings. The van der Waals surface area contributed by atoms with Crippen LogP contribution in [-0.4, -0.2) is 12.1 Å². The van der Waals surface area contributed by atoms with Crippen LogP contribution in [0.1, 0.15) is 0 Å². The Hall–Kier alpha value is -1.91. The maximum atomic E-state index is 6.11. The molecule has 0 saturated carbocycles. The number of ether oxygens (including phenoxy) is 1. The molecule has 0 bridgehead atoms. The van der Waals surface area contributed by atoms with Crippen molar-refractivity contribution in [3.63, 3.8) is 0 Å². The summed E-state index contributed by atoms with van der Waals surface area (Å²) < 4.78 is 11.0. The van der Waals surface area contributed by atoms with Crippen LogP contribution in [0.2, 0.25) is 10.0 Å². The van der Waals surface area contributed by atoms with Crippen molar-refractivity contribution in [2.24, 2.45) is 0 Å². The predicted molar refractivity (Wildman–Crippen MR) is 80.4 cm³/mol. The van der Waals surface area contributed by atoms with Gasteiger partial charge in [0, 0.05) is 10.7 Å². The minimum atomic E-state index is 0.381. The standard InChI is InChI=1S/C14H10Cl2N2O2/c1-19-13-9(4-7(15)5-10(13)16)14-18-11-6-8(17)2-3-12(11)20-14/h2-6H,17H2,1H3. The molecule has 0 spiro atoms. The molecule has 20 heavy (non-hydrogen) atoms. The minimum absolute atomic E-state index is 0.381. The number of methoxy groups -OCH3 is 1. The summed E-state index contributed by atoms with van der Waals surface area (Å²) in [6, 6.07) is 8.55. The van der Waals surface area contributed by atoms with Gasteiger partial charge in [0.05, 0.1) is 17.7 Å². The largest absolute Gasteiger partial charge is 0.494 e. The maximum absolute atomic E-state index is 6.11. The third-order valence-electron chi connectivity index (χ3n) is 2.85. The first kappa shape index (κ1) is 13.1. The topological polar surface area (TPSA) is 61.3 Å². The minimum Gasteiger partial charge on any atom is -0.494 e. The Bertz CT molecular complexity index is 799. The van der Waals surface area contributed by atoms with Gasteiger partial charge in [-0.05, 0) is 30.3 Å². The normalized spacial score (nSPS) is 10.9. The molecule has 3 aromatic rings. The fourth-order valence-electron chi connectivity index (χ4n) is 1.99. The molecule has 0 aliphatic carbocycles. The molecule has 6 heteroatoms. The molecule has 102 valence electrons. The van der Waals surface area contributed by atoms with Crippen molar-refractivity contribution in [3.05, 3.63) is 40.4 Å². The van der Waals surface area contributed by atoms with Crippen molar-refractivity contribution in [3.8, 4) is 17.2 Å². The number of hydrogen-bond acceptors (Lipinski definition) is 4. The molecule has 3 rings (SSSR count). The number of nitrogens with zero attached hydrogens (tertiary/aromatic N) is 1. The summed E-state index contributed by atoms with van der Waals surface area (Å²) >= 11 is 12.1. The zero-order valence-electron chi connectivity index (χ0n) is 10.5. The smallest absolute Gasteiger partial charge is 0.231 e. The molecule has 0 saturated heterocycles. The summed E-state index contributed by atoms with van der Waals surface area (Å²) in [6.07, 6.45) is 0. The summed E-state index contributed by atoms with van der Waals surface area (Å²) in [5.74, 6) is 0.849. The molecule has 4 nitrogen and oxygen atoms in total. The molecule has 1 aromatic heterocycles. The fraction of sp³-hybridized carbons (Fsp3) is 0.0714. The number of nitrogen functional groups attached to an aromatic ring is 1. The summed E-state index contributed by atoms with van der Waals surface area (Å²) in [5.41, 5.74) is 8.24. The van der Waals surface area contributed by atoms with Gasteiger partial charge in [0.2, 0.25) is 5.89 Å². The Balaban J connectivity index is 2.24. The van der Waals surface area contributed by atoms with Crippen LogP contribution >= 0.6 is 23.2 Å². The van der Waals surface area contributed by atoms with Crippen LogP contribution in [0.5, 0.6) is 5.75 Å². The van der Waals surface area contributed by atoms with E-state index >= 15 is 0 Å². The van der Waals surface area contributed by atoms with E-state index in [1.54, 1.807) is 30.3 Å². The number of anilines is 1. The van der Waals surface area contributed by atoms with Gasteiger partial charge in [-0.1, -0.05) is 23.2 Å². The molecule has 0 atom stereocenters. The second kappa shape index (κ2) is 4.89. The second-order valence-electron chi connectivity index (χ2n) is 4.21. The van der Waals surface area contributed by atoms with Gasteiger partial charge in [-0.3, -0.25) is 0 Å². The number of aromatic nitrogens is 1. The van der Waals surface area contributed by atoms with E-state index in [-0.39, 0.29) is 0 Å². The van der Waals surface area contributed by atoms with Gasteiger partial charge in [-0.15, -0.1) is 0 Å². The maximum Gasteiger partial charge on any atom is 0.231 e. The quantitative estimate of drug-likeness (QED) is 0.713. The Kier molecular flexibility index (Phi) is 3.20. The molecule has 0 amide bonds. The summed E-state index contributed by atoms with van der Waals surface area (Å²) in [5, 5.41) is 0.879. The first-order valence-corrected chi connectivity index (χ1v) is 6.53. The van der Waals surface area contributed by atoms with Crippen LogP contribution in [-0.2, 0) is 0 Å². The molecular formula is C14H10Cl2N2O2. The number of benzene rings is 2. The predicted octanol–water partition coefficient (Wildman–Crippen LogP) is 4.39. The van der Waals surface area contributed by atoms with E-state index in [0.717, 1.165) is 0 Å². The molecule has 2 aromatic carbocycles. The van der Waals surface area contributed by atoms with E-state index in [2.05, 4.69) is 4.98 Å². The number of rotatable bonds is 2. The van der Waals surface area contributed by atoms with E-state index in [1.165, 1.54) is 7.11 Å². The summed E-state index contributed by atoms with van der Waals surface area (Å²) in [7, 11) is 1.53. The van der Waals surface area contributed by atoms with E-state index in [1.807, 2.05) is 0 Å². The zero-order valence-corrected chi connectivity index (χ0v) is 12.0. The lowest BCUT2D eigenvalue weighted by molar-refractivity contribution is 0.415. The number of hydrogen-bond donors (Lipinski definition) is 1.